The van der Waals surface area contributed by atoms with Crippen molar-refractivity contribution in [2.24, 2.45) is 0 Å². The quantitative estimate of drug-likeness (QED) is 0.924. The number of carbonyl (C=O) groups is 1. The average molecular weight is 273 g/mol. The molecule has 3 nitrogen and oxygen atoms in total. The van der Waals surface area contributed by atoms with Gasteiger partial charge in [-0.05, 0) is 50.2 Å². The van der Waals surface area contributed by atoms with Crippen LogP contribution in [-0.2, 0) is 4.79 Å². The fourth-order valence-corrected chi connectivity index (χ4v) is 1.65. The Bertz CT molecular complexity index is 579. The van der Waals surface area contributed by atoms with Crippen LogP contribution in [-0.4, -0.2) is 11.5 Å². The SMILES string of the molecule is CC(C)(Oc1ccc(F)cc1)C(=O)Nc1ccccc1. The zero-order chi connectivity index (χ0) is 14.6. The lowest BCUT2D eigenvalue weighted by atomic mass is 10.1. The maximum absolute atomic E-state index is 12.8. The first-order valence-electron chi connectivity index (χ1n) is 6.28. The van der Waals surface area contributed by atoms with Crippen LogP contribution in [0.1, 0.15) is 13.8 Å². The number of ether oxygens (including phenoxy) is 1. The number of hydrogen-bond acceptors (Lipinski definition) is 2. The van der Waals surface area contributed by atoms with Crippen LogP contribution in [0.3, 0.4) is 0 Å². The van der Waals surface area contributed by atoms with E-state index in [0.717, 1.165) is 0 Å². The van der Waals surface area contributed by atoms with Gasteiger partial charge in [-0.3, -0.25) is 4.79 Å². The van der Waals surface area contributed by atoms with E-state index >= 15 is 0 Å². The first-order valence-corrected chi connectivity index (χ1v) is 6.28. The van der Waals surface area contributed by atoms with Crippen LogP contribution in [0.15, 0.2) is 54.6 Å². The molecule has 0 aromatic heterocycles. The second-order valence-corrected chi connectivity index (χ2v) is 4.89. The Morgan fingerprint density at radius 1 is 1.05 bits per heavy atom. The maximum Gasteiger partial charge on any atom is 0.267 e. The minimum absolute atomic E-state index is 0.270. The fraction of sp³-hybridized carbons (Fsp3) is 0.188. The molecule has 2 aromatic rings. The molecule has 0 spiro atoms. The second kappa shape index (κ2) is 5.74. The molecule has 0 aliphatic rings. The lowest BCUT2D eigenvalue weighted by Crippen LogP contribution is -2.42. The molecule has 4 heteroatoms. The number of halogens is 1. The molecule has 104 valence electrons. The summed E-state index contributed by atoms with van der Waals surface area (Å²) in [5.41, 5.74) is -0.360. The lowest BCUT2D eigenvalue weighted by molar-refractivity contribution is -0.128. The number of benzene rings is 2. The van der Waals surface area contributed by atoms with Crippen molar-refractivity contribution in [3.05, 3.63) is 60.4 Å². The van der Waals surface area contributed by atoms with Crippen molar-refractivity contribution in [2.75, 3.05) is 5.32 Å². The number of hydrogen-bond donors (Lipinski definition) is 1. The molecule has 0 heterocycles. The highest BCUT2D eigenvalue weighted by Gasteiger charge is 2.30. The summed E-state index contributed by atoms with van der Waals surface area (Å²) in [6, 6.07) is 14.7. The van der Waals surface area contributed by atoms with Gasteiger partial charge in [-0.1, -0.05) is 18.2 Å². The molecule has 0 bridgehead atoms. The van der Waals surface area contributed by atoms with Crippen molar-refractivity contribution < 1.29 is 13.9 Å². The van der Waals surface area contributed by atoms with Crippen molar-refractivity contribution >= 4 is 11.6 Å². The molecule has 0 atom stereocenters. The minimum Gasteiger partial charge on any atom is -0.478 e. The number of anilines is 1. The monoisotopic (exact) mass is 273 g/mol. The Hall–Kier alpha value is -2.36. The summed E-state index contributed by atoms with van der Waals surface area (Å²) in [6.07, 6.45) is 0. The van der Waals surface area contributed by atoms with E-state index in [9.17, 15) is 9.18 Å². The smallest absolute Gasteiger partial charge is 0.267 e. The predicted molar refractivity (Wildman–Crippen MR) is 76.2 cm³/mol. The van der Waals surface area contributed by atoms with Crippen LogP contribution in [0.25, 0.3) is 0 Å². The first-order chi connectivity index (χ1) is 9.47. The summed E-state index contributed by atoms with van der Waals surface area (Å²) in [4.78, 5) is 12.2. The van der Waals surface area contributed by atoms with Gasteiger partial charge in [0.25, 0.3) is 5.91 Å². The number of amides is 1. The van der Waals surface area contributed by atoms with Gasteiger partial charge in [0.05, 0.1) is 0 Å². The largest absolute Gasteiger partial charge is 0.478 e. The Morgan fingerprint density at radius 3 is 2.25 bits per heavy atom. The van der Waals surface area contributed by atoms with Crippen molar-refractivity contribution in [3.63, 3.8) is 0 Å². The summed E-state index contributed by atoms with van der Waals surface area (Å²) < 4.78 is 18.4. The van der Waals surface area contributed by atoms with Crippen molar-refractivity contribution in [1.29, 1.82) is 0 Å². The number of carbonyl (C=O) groups excluding carboxylic acids is 1. The van der Waals surface area contributed by atoms with Crippen molar-refractivity contribution in [3.8, 4) is 5.75 Å². The third-order valence-corrected chi connectivity index (χ3v) is 2.77. The predicted octanol–water partition coefficient (Wildman–Crippen LogP) is 3.62. The van der Waals surface area contributed by atoms with Crippen molar-refractivity contribution in [1.82, 2.24) is 0 Å². The highest BCUT2D eigenvalue weighted by atomic mass is 19.1. The Morgan fingerprint density at radius 2 is 1.65 bits per heavy atom. The normalized spacial score (nSPS) is 10.9. The molecule has 1 amide bonds. The van der Waals surface area contributed by atoms with E-state index in [0.29, 0.717) is 11.4 Å². The topological polar surface area (TPSA) is 38.3 Å². The molecule has 2 rings (SSSR count). The maximum atomic E-state index is 12.8. The van der Waals surface area contributed by atoms with Crippen LogP contribution in [0.5, 0.6) is 5.75 Å². The molecule has 1 N–H and O–H groups in total. The summed E-state index contributed by atoms with van der Waals surface area (Å²) >= 11 is 0. The van der Waals surface area contributed by atoms with Gasteiger partial charge in [-0.25, -0.2) is 4.39 Å². The van der Waals surface area contributed by atoms with Gasteiger partial charge in [0, 0.05) is 5.69 Å². The summed E-state index contributed by atoms with van der Waals surface area (Å²) in [5.74, 6) is -0.170. The number of rotatable bonds is 4. The Kier molecular flexibility index (Phi) is 4.03. The lowest BCUT2D eigenvalue weighted by Gasteiger charge is -2.25. The molecule has 0 aliphatic carbocycles. The van der Waals surface area contributed by atoms with Gasteiger partial charge in [0.15, 0.2) is 5.60 Å². The Labute approximate surface area is 117 Å². The Balaban J connectivity index is 2.05. The van der Waals surface area contributed by atoms with Crippen LogP contribution in [0, 0.1) is 5.82 Å². The highest BCUT2D eigenvalue weighted by Crippen LogP contribution is 2.20. The van der Waals surface area contributed by atoms with E-state index in [-0.39, 0.29) is 11.7 Å². The molecule has 0 aliphatic heterocycles. The zero-order valence-corrected chi connectivity index (χ0v) is 11.4. The van der Waals surface area contributed by atoms with E-state index in [4.69, 9.17) is 4.74 Å². The summed E-state index contributed by atoms with van der Waals surface area (Å²) in [6.45, 7) is 3.32. The number of para-hydroxylation sites is 1. The van der Waals surface area contributed by atoms with Crippen LogP contribution in [0.2, 0.25) is 0 Å². The molecule has 0 saturated carbocycles. The van der Waals surface area contributed by atoms with Gasteiger partial charge in [0.1, 0.15) is 11.6 Å². The van der Waals surface area contributed by atoms with E-state index in [1.54, 1.807) is 26.0 Å². The van der Waals surface area contributed by atoms with E-state index in [1.807, 2.05) is 18.2 Å². The van der Waals surface area contributed by atoms with Crippen LogP contribution in [0.4, 0.5) is 10.1 Å². The molecule has 0 radical (unpaired) electrons. The summed E-state index contributed by atoms with van der Waals surface area (Å²) in [7, 11) is 0. The molecule has 0 saturated heterocycles. The van der Waals surface area contributed by atoms with Gasteiger partial charge in [-0.15, -0.1) is 0 Å². The molecule has 0 unspecified atom stereocenters. The number of nitrogens with one attached hydrogen (secondary N) is 1. The third-order valence-electron chi connectivity index (χ3n) is 2.77. The van der Waals surface area contributed by atoms with E-state index in [1.165, 1.54) is 24.3 Å². The van der Waals surface area contributed by atoms with Gasteiger partial charge in [0.2, 0.25) is 0 Å². The molecule has 2 aromatic carbocycles. The van der Waals surface area contributed by atoms with E-state index < -0.39 is 5.60 Å². The molecular weight excluding hydrogens is 257 g/mol. The molecule has 20 heavy (non-hydrogen) atoms. The van der Waals surface area contributed by atoms with Crippen LogP contribution < -0.4 is 10.1 Å². The zero-order valence-electron chi connectivity index (χ0n) is 11.4. The fourth-order valence-electron chi connectivity index (χ4n) is 1.65. The third kappa shape index (κ3) is 3.57. The highest BCUT2D eigenvalue weighted by molar-refractivity contribution is 5.96. The standard InChI is InChI=1S/C16H16FNO2/c1-16(2,20-14-10-8-12(17)9-11-14)15(19)18-13-6-4-3-5-7-13/h3-11H,1-2H3,(H,18,19). The van der Waals surface area contributed by atoms with Gasteiger partial charge < -0.3 is 10.1 Å². The van der Waals surface area contributed by atoms with Gasteiger partial charge in [-0.2, -0.15) is 0 Å². The van der Waals surface area contributed by atoms with Crippen molar-refractivity contribution in [2.45, 2.75) is 19.4 Å². The second-order valence-electron chi connectivity index (χ2n) is 4.89. The van der Waals surface area contributed by atoms with Crippen LogP contribution >= 0.6 is 0 Å². The minimum atomic E-state index is -1.06. The van der Waals surface area contributed by atoms with Gasteiger partial charge >= 0.3 is 0 Å². The molecular formula is C16H16FNO2. The first kappa shape index (κ1) is 14.1. The summed E-state index contributed by atoms with van der Waals surface area (Å²) in [5, 5.41) is 2.78. The van der Waals surface area contributed by atoms with E-state index in [2.05, 4.69) is 5.32 Å². The average Bonchev–Trinajstić information content (AvgIpc) is 2.42. The molecule has 0 fully saturated rings.